The molecule has 1 heterocycles. The zero-order chi connectivity index (χ0) is 14.4. The molecule has 2 rings (SSSR count). The van der Waals surface area contributed by atoms with Crippen molar-refractivity contribution in [2.45, 2.75) is 17.3 Å². The molecule has 0 spiro atoms. The van der Waals surface area contributed by atoms with Gasteiger partial charge in [-0.15, -0.1) is 0 Å². The first kappa shape index (κ1) is 15.1. The zero-order valence-electron chi connectivity index (χ0n) is 10.9. The summed E-state index contributed by atoms with van der Waals surface area (Å²) >= 11 is 0.498. The van der Waals surface area contributed by atoms with E-state index in [2.05, 4.69) is 5.32 Å². The summed E-state index contributed by atoms with van der Waals surface area (Å²) in [6.07, 6.45) is -0.336. The molecule has 1 aromatic rings. The van der Waals surface area contributed by atoms with Crippen molar-refractivity contribution in [3.05, 3.63) is 29.8 Å². The molecule has 1 aliphatic heterocycles. The lowest BCUT2D eigenvalue weighted by Gasteiger charge is -2.26. The molecule has 0 radical (unpaired) electrons. The molecule has 1 saturated heterocycles. The lowest BCUT2D eigenvalue weighted by atomic mass is 10.2. The maximum absolute atomic E-state index is 12.2. The summed E-state index contributed by atoms with van der Waals surface area (Å²) in [4.78, 5) is 13.9. The summed E-state index contributed by atoms with van der Waals surface area (Å²) in [5.74, 6) is -2.42. The largest absolute Gasteiger partial charge is 0.445 e. The number of carbonyl (C=O) groups excluding carboxylic acids is 1. The number of halogens is 2. The van der Waals surface area contributed by atoms with Crippen LogP contribution in [-0.2, 0) is 11.3 Å². The number of hydrogen-bond acceptors (Lipinski definition) is 4. The van der Waals surface area contributed by atoms with E-state index >= 15 is 0 Å². The number of piperazine rings is 1. The highest BCUT2D eigenvalue weighted by Crippen LogP contribution is 2.25. The molecule has 1 aromatic carbocycles. The average Bonchev–Trinajstić information content (AvgIpc) is 2.46. The smallest absolute Gasteiger partial charge is 0.410 e. The summed E-state index contributed by atoms with van der Waals surface area (Å²) in [5.41, 5.74) is 0.784. The van der Waals surface area contributed by atoms with E-state index in [1.54, 1.807) is 29.2 Å². The van der Waals surface area contributed by atoms with Gasteiger partial charge in [-0.05, 0) is 17.7 Å². The zero-order valence-corrected chi connectivity index (χ0v) is 11.7. The predicted octanol–water partition coefficient (Wildman–Crippen LogP) is 2.54. The maximum atomic E-state index is 12.2. The van der Waals surface area contributed by atoms with E-state index in [1.807, 2.05) is 0 Å². The normalized spacial score (nSPS) is 15.4. The van der Waals surface area contributed by atoms with Gasteiger partial charge in [-0.25, -0.2) is 4.79 Å². The van der Waals surface area contributed by atoms with Gasteiger partial charge in [-0.1, -0.05) is 23.9 Å². The summed E-state index contributed by atoms with van der Waals surface area (Å²) in [6.45, 7) is 2.98. The average molecular weight is 302 g/mol. The van der Waals surface area contributed by atoms with Gasteiger partial charge in [-0.3, -0.25) is 0 Å². The van der Waals surface area contributed by atoms with Gasteiger partial charge in [0.2, 0.25) is 0 Å². The number of carbonyl (C=O) groups is 1. The summed E-state index contributed by atoms with van der Waals surface area (Å²) < 4.78 is 29.5. The van der Waals surface area contributed by atoms with Gasteiger partial charge < -0.3 is 15.0 Å². The molecule has 0 aromatic heterocycles. The Labute approximate surface area is 120 Å². The molecule has 20 heavy (non-hydrogen) atoms. The van der Waals surface area contributed by atoms with Gasteiger partial charge in [0, 0.05) is 31.1 Å². The van der Waals surface area contributed by atoms with Crippen molar-refractivity contribution in [3.63, 3.8) is 0 Å². The first-order chi connectivity index (χ1) is 9.65. The fourth-order valence-corrected chi connectivity index (χ4v) is 2.35. The number of nitrogens with zero attached hydrogens (tertiary/aromatic N) is 1. The minimum absolute atomic E-state index is 0.155. The minimum atomic E-state index is -2.42. The number of hydrogen-bond donors (Lipinski definition) is 1. The molecular weight excluding hydrogens is 286 g/mol. The quantitative estimate of drug-likeness (QED) is 0.868. The van der Waals surface area contributed by atoms with Crippen LogP contribution < -0.4 is 5.32 Å². The predicted molar refractivity (Wildman–Crippen MR) is 72.9 cm³/mol. The number of alkyl halides is 2. The van der Waals surface area contributed by atoms with Crippen LogP contribution in [0.3, 0.4) is 0 Å². The summed E-state index contributed by atoms with van der Waals surface area (Å²) in [7, 11) is 0. The molecule has 0 saturated carbocycles. The summed E-state index contributed by atoms with van der Waals surface area (Å²) in [5, 5.41) is 3.15. The Hall–Kier alpha value is -1.34. The third-order valence-electron chi connectivity index (χ3n) is 2.89. The van der Waals surface area contributed by atoms with Gasteiger partial charge in [0.1, 0.15) is 6.61 Å². The molecule has 0 unspecified atom stereocenters. The van der Waals surface area contributed by atoms with Crippen molar-refractivity contribution < 1.29 is 18.3 Å². The fourth-order valence-electron chi connectivity index (χ4n) is 1.85. The molecule has 0 bridgehead atoms. The van der Waals surface area contributed by atoms with Gasteiger partial charge in [0.25, 0.3) is 5.76 Å². The van der Waals surface area contributed by atoms with Crippen molar-refractivity contribution in [1.29, 1.82) is 0 Å². The van der Waals surface area contributed by atoms with E-state index in [9.17, 15) is 13.6 Å². The van der Waals surface area contributed by atoms with E-state index in [1.165, 1.54) is 0 Å². The minimum Gasteiger partial charge on any atom is -0.445 e. The van der Waals surface area contributed by atoms with Crippen LogP contribution in [0.15, 0.2) is 29.2 Å². The van der Waals surface area contributed by atoms with Crippen LogP contribution >= 0.6 is 11.8 Å². The van der Waals surface area contributed by atoms with E-state index in [4.69, 9.17) is 4.74 Å². The molecule has 0 aliphatic carbocycles. The maximum Gasteiger partial charge on any atom is 0.410 e. The molecule has 110 valence electrons. The van der Waals surface area contributed by atoms with Crippen molar-refractivity contribution >= 4 is 17.9 Å². The number of thioether (sulfide) groups is 1. The second kappa shape index (κ2) is 7.44. The SMILES string of the molecule is O=C(OCc1ccc(SC(F)F)cc1)N1CCNCC1. The molecule has 7 heteroatoms. The number of benzene rings is 1. The first-order valence-electron chi connectivity index (χ1n) is 6.31. The third-order valence-corrected chi connectivity index (χ3v) is 3.61. The number of amides is 1. The Morgan fingerprint density at radius 3 is 2.55 bits per heavy atom. The Balaban J connectivity index is 1.79. The Morgan fingerprint density at radius 1 is 1.30 bits per heavy atom. The summed E-state index contributed by atoms with van der Waals surface area (Å²) in [6, 6.07) is 6.58. The monoisotopic (exact) mass is 302 g/mol. The van der Waals surface area contributed by atoms with Gasteiger partial charge in [-0.2, -0.15) is 8.78 Å². The fraction of sp³-hybridized carbons (Fsp3) is 0.462. The highest BCUT2D eigenvalue weighted by atomic mass is 32.2. The van der Waals surface area contributed by atoms with E-state index in [0.29, 0.717) is 29.7 Å². The lowest BCUT2D eigenvalue weighted by molar-refractivity contribution is 0.0918. The van der Waals surface area contributed by atoms with Crippen LogP contribution in [-0.4, -0.2) is 42.9 Å². The topological polar surface area (TPSA) is 41.6 Å². The molecule has 1 amide bonds. The molecule has 1 aliphatic rings. The van der Waals surface area contributed by atoms with Crippen molar-refractivity contribution in [1.82, 2.24) is 10.2 Å². The highest BCUT2D eigenvalue weighted by molar-refractivity contribution is 7.99. The van der Waals surface area contributed by atoms with Crippen LogP contribution in [0.1, 0.15) is 5.56 Å². The standard InChI is InChI=1S/C13H16F2N2O2S/c14-12(15)20-11-3-1-10(2-4-11)9-19-13(18)17-7-5-16-6-8-17/h1-4,12,16H,5-9H2. The number of ether oxygens (including phenoxy) is 1. The second-order valence-corrected chi connectivity index (χ2v) is 5.38. The number of rotatable bonds is 4. The molecule has 1 fully saturated rings. The van der Waals surface area contributed by atoms with Crippen molar-refractivity contribution in [3.8, 4) is 0 Å². The van der Waals surface area contributed by atoms with Crippen LogP contribution in [0, 0.1) is 0 Å². The molecule has 1 N–H and O–H groups in total. The second-order valence-electron chi connectivity index (χ2n) is 4.31. The third kappa shape index (κ3) is 4.64. The van der Waals surface area contributed by atoms with E-state index < -0.39 is 5.76 Å². The number of nitrogens with one attached hydrogen (secondary N) is 1. The van der Waals surface area contributed by atoms with Gasteiger partial charge >= 0.3 is 6.09 Å². The van der Waals surface area contributed by atoms with E-state index in [-0.39, 0.29) is 12.7 Å². The van der Waals surface area contributed by atoms with Crippen LogP contribution in [0.25, 0.3) is 0 Å². The van der Waals surface area contributed by atoms with Crippen molar-refractivity contribution in [2.24, 2.45) is 0 Å². The van der Waals surface area contributed by atoms with Crippen LogP contribution in [0.5, 0.6) is 0 Å². The first-order valence-corrected chi connectivity index (χ1v) is 7.19. The van der Waals surface area contributed by atoms with Crippen molar-refractivity contribution in [2.75, 3.05) is 26.2 Å². The Bertz CT molecular complexity index is 437. The van der Waals surface area contributed by atoms with E-state index in [0.717, 1.165) is 18.7 Å². The molecular formula is C13H16F2N2O2S. The Morgan fingerprint density at radius 2 is 1.95 bits per heavy atom. The Kier molecular flexibility index (Phi) is 5.60. The van der Waals surface area contributed by atoms with Gasteiger partial charge in [0.05, 0.1) is 0 Å². The lowest BCUT2D eigenvalue weighted by Crippen LogP contribution is -2.46. The molecule has 4 nitrogen and oxygen atoms in total. The van der Waals surface area contributed by atoms with Crippen LogP contribution in [0.4, 0.5) is 13.6 Å². The van der Waals surface area contributed by atoms with Crippen LogP contribution in [0.2, 0.25) is 0 Å². The molecule has 0 atom stereocenters. The highest BCUT2D eigenvalue weighted by Gasteiger charge is 2.17. The van der Waals surface area contributed by atoms with Gasteiger partial charge in [0.15, 0.2) is 0 Å².